The maximum Gasteiger partial charge on any atom is 0.264 e. The average molecular weight is 453 g/mol. The molecule has 0 aliphatic carbocycles. The number of rotatable bonds is 9. The van der Waals surface area contributed by atoms with E-state index in [4.69, 9.17) is 4.74 Å². The summed E-state index contributed by atoms with van der Waals surface area (Å²) in [6.07, 6.45) is 0. The van der Waals surface area contributed by atoms with Crippen LogP contribution >= 0.6 is 0 Å². The molecule has 0 bridgehead atoms. The molecule has 1 amide bonds. The van der Waals surface area contributed by atoms with Crippen LogP contribution in [-0.2, 0) is 14.8 Å². The monoisotopic (exact) mass is 452 g/mol. The van der Waals surface area contributed by atoms with Crippen molar-refractivity contribution < 1.29 is 17.9 Å². The van der Waals surface area contributed by atoms with Crippen molar-refractivity contribution in [2.75, 3.05) is 17.5 Å². The van der Waals surface area contributed by atoms with E-state index in [0.29, 0.717) is 12.3 Å². The zero-order chi connectivity index (χ0) is 23.1. The van der Waals surface area contributed by atoms with Gasteiger partial charge < -0.3 is 10.1 Å². The van der Waals surface area contributed by atoms with E-state index in [-0.39, 0.29) is 17.5 Å². The highest BCUT2D eigenvalue weighted by molar-refractivity contribution is 7.92. The lowest BCUT2D eigenvalue weighted by Crippen LogP contribution is -2.41. The van der Waals surface area contributed by atoms with E-state index < -0.39 is 15.9 Å². The number of para-hydroxylation sites is 1. The van der Waals surface area contributed by atoms with E-state index in [1.807, 2.05) is 45.0 Å². The molecule has 0 saturated carbocycles. The standard InChI is InChI=1S/C25H28N2O4S/c1-4-31-23-14-12-21(13-15-23)20(3)26-25(28)18-27(22-8-6-5-7-9-22)32(29,30)24-16-10-19(2)11-17-24/h5-17,20H,4,18H2,1-3H3,(H,26,28). The first-order chi connectivity index (χ1) is 15.3. The molecule has 3 aromatic carbocycles. The molecule has 3 rings (SSSR count). The summed E-state index contributed by atoms with van der Waals surface area (Å²) in [6.45, 7) is 5.91. The molecule has 32 heavy (non-hydrogen) atoms. The minimum absolute atomic E-state index is 0.138. The Morgan fingerprint density at radius 1 is 0.969 bits per heavy atom. The fourth-order valence-electron chi connectivity index (χ4n) is 3.27. The molecule has 1 N–H and O–H groups in total. The largest absolute Gasteiger partial charge is 0.494 e. The van der Waals surface area contributed by atoms with Crippen molar-refractivity contribution in [2.24, 2.45) is 0 Å². The fourth-order valence-corrected chi connectivity index (χ4v) is 4.69. The van der Waals surface area contributed by atoms with Crippen LogP contribution in [0, 0.1) is 6.92 Å². The van der Waals surface area contributed by atoms with Crippen molar-refractivity contribution >= 4 is 21.6 Å². The van der Waals surface area contributed by atoms with Gasteiger partial charge in [0.25, 0.3) is 10.0 Å². The van der Waals surface area contributed by atoms with Gasteiger partial charge in [-0.1, -0.05) is 48.0 Å². The second-order valence-electron chi connectivity index (χ2n) is 7.45. The molecule has 3 aromatic rings. The van der Waals surface area contributed by atoms with Gasteiger partial charge in [-0.15, -0.1) is 0 Å². The van der Waals surface area contributed by atoms with Gasteiger partial charge in [0, 0.05) is 0 Å². The Hall–Kier alpha value is -3.32. The number of nitrogens with zero attached hydrogens (tertiary/aromatic N) is 1. The molecule has 7 heteroatoms. The van der Waals surface area contributed by atoms with Crippen LogP contribution in [0.5, 0.6) is 5.75 Å². The van der Waals surface area contributed by atoms with Crippen LogP contribution in [0.3, 0.4) is 0 Å². The van der Waals surface area contributed by atoms with Crippen LogP contribution in [0.15, 0.2) is 83.8 Å². The SMILES string of the molecule is CCOc1ccc(C(C)NC(=O)CN(c2ccccc2)S(=O)(=O)c2ccc(C)cc2)cc1. The first-order valence-electron chi connectivity index (χ1n) is 10.5. The number of sulfonamides is 1. The van der Waals surface area contributed by atoms with Gasteiger partial charge in [0.15, 0.2) is 0 Å². The van der Waals surface area contributed by atoms with Gasteiger partial charge in [-0.3, -0.25) is 9.10 Å². The quantitative estimate of drug-likeness (QED) is 0.520. The lowest BCUT2D eigenvalue weighted by molar-refractivity contribution is -0.120. The number of amides is 1. The van der Waals surface area contributed by atoms with Crippen LogP contribution in [0.2, 0.25) is 0 Å². The summed E-state index contributed by atoms with van der Waals surface area (Å²) in [5, 5.41) is 2.89. The third-order valence-electron chi connectivity index (χ3n) is 5.01. The highest BCUT2D eigenvalue weighted by Gasteiger charge is 2.27. The number of carbonyl (C=O) groups is 1. The fraction of sp³-hybridized carbons (Fsp3) is 0.240. The van der Waals surface area contributed by atoms with E-state index in [1.165, 1.54) is 0 Å². The summed E-state index contributed by atoms with van der Waals surface area (Å²) in [5.41, 5.74) is 2.28. The Labute approximate surface area is 189 Å². The second kappa shape index (κ2) is 10.3. The van der Waals surface area contributed by atoms with Crippen LogP contribution in [0.1, 0.15) is 31.0 Å². The summed E-state index contributed by atoms with van der Waals surface area (Å²) in [5.74, 6) is 0.361. The van der Waals surface area contributed by atoms with Gasteiger partial charge in [0.1, 0.15) is 12.3 Å². The van der Waals surface area contributed by atoms with Gasteiger partial charge in [0.05, 0.1) is 23.2 Å². The molecule has 0 heterocycles. The lowest BCUT2D eigenvalue weighted by atomic mass is 10.1. The molecule has 0 aliphatic rings. The van der Waals surface area contributed by atoms with Crippen LogP contribution in [0.25, 0.3) is 0 Å². The molecule has 0 spiro atoms. The number of nitrogens with one attached hydrogen (secondary N) is 1. The number of anilines is 1. The van der Waals surface area contributed by atoms with Gasteiger partial charge in [-0.25, -0.2) is 8.42 Å². The average Bonchev–Trinajstić information content (AvgIpc) is 2.79. The van der Waals surface area contributed by atoms with Crippen molar-refractivity contribution in [3.05, 3.63) is 90.0 Å². The van der Waals surface area contributed by atoms with Crippen LogP contribution < -0.4 is 14.4 Å². The normalized spacial score (nSPS) is 12.1. The summed E-state index contributed by atoms with van der Waals surface area (Å²) in [4.78, 5) is 13.0. The molecule has 0 aromatic heterocycles. The Kier molecular flexibility index (Phi) is 7.53. The van der Waals surface area contributed by atoms with Crippen LogP contribution in [-0.4, -0.2) is 27.5 Å². The zero-order valence-corrected chi connectivity index (χ0v) is 19.3. The molecule has 168 valence electrons. The van der Waals surface area contributed by atoms with E-state index in [9.17, 15) is 13.2 Å². The number of benzene rings is 3. The number of hydrogen-bond acceptors (Lipinski definition) is 4. The smallest absolute Gasteiger partial charge is 0.264 e. The molecule has 1 unspecified atom stereocenters. The van der Waals surface area contributed by atoms with Gasteiger partial charge in [0.2, 0.25) is 5.91 Å². The molecule has 6 nitrogen and oxygen atoms in total. The lowest BCUT2D eigenvalue weighted by Gasteiger charge is -2.25. The summed E-state index contributed by atoms with van der Waals surface area (Å²) >= 11 is 0. The third kappa shape index (κ3) is 5.68. The summed E-state index contributed by atoms with van der Waals surface area (Å²) in [7, 11) is -3.92. The highest BCUT2D eigenvalue weighted by Crippen LogP contribution is 2.24. The Morgan fingerprint density at radius 2 is 1.59 bits per heavy atom. The Morgan fingerprint density at radius 3 is 2.19 bits per heavy atom. The summed E-state index contributed by atoms with van der Waals surface area (Å²) < 4.78 is 33.3. The van der Waals surface area contributed by atoms with E-state index in [2.05, 4.69) is 5.32 Å². The second-order valence-corrected chi connectivity index (χ2v) is 9.31. The van der Waals surface area contributed by atoms with E-state index >= 15 is 0 Å². The number of aryl methyl sites for hydroxylation is 1. The van der Waals surface area contributed by atoms with Gasteiger partial charge in [-0.05, 0) is 62.7 Å². The molecule has 1 atom stereocenters. The number of hydrogen-bond donors (Lipinski definition) is 1. The van der Waals surface area contributed by atoms with Gasteiger partial charge in [-0.2, -0.15) is 0 Å². The van der Waals surface area contributed by atoms with E-state index in [1.54, 1.807) is 54.6 Å². The molecule has 0 radical (unpaired) electrons. The third-order valence-corrected chi connectivity index (χ3v) is 6.80. The van der Waals surface area contributed by atoms with Crippen molar-refractivity contribution in [3.63, 3.8) is 0 Å². The van der Waals surface area contributed by atoms with E-state index in [0.717, 1.165) is 21.2 Å². The van der Waals surface area contributed by atoms with Crippen molar-refractivity contribution in [1.82, 2.24) is 5.32 Å². The topological polar surface area (TPSA) is 75.7 Å². The highest BCUT2D eigenvalue weighted by atomic mass is 32.2. The first-order valence-corrected chi connectivity index (χ1v) is 11.9. The minimum Gasteiger partial charge on any atom is -0.494 e. The van der Waals surface area contributed by atoms with Crippen LogP contribution in [0.4, 0.5) is 5.69 Å². The zero-order valence-electron chi connectivity index (χ0n) is 18.5. The first kappa shape index (κ1) is 23.3. The minimum atomic E-state index is -3.92. The Bertz CT molecular complexity index is 1130. The Balaban J connectivity index is 1.80. The van der Waals surface area contributed by atoms with Gasteiger partial charge >= 0.3 is 0 Å². The molecule has 0 saturated heterocycles. The molecular weight excluding hydrogens is 424 g/mol. The molecular formula is C25H28N2O4S. The maximum atomic E-state index is 13.4. The van der Waals surface area contributed by atoms with Crippen molar-refractivity contribution in [2.45, 2.75) is 31.7 Å². The van der Waals surface area contributed by atoms with Crippen molar-refractivity contribution in [3.8, 4) is 5.75 Å². The number of carbonyl (C=O) groups excluding carboxylic acids is 1. The predicted octanol–water partition coefficient (Wildman–Crippen LogP) is 4.47. The maximum absolute atomic E-state index is 13.4. The molecule has 0 fully saturated rings. The predicted molar refractivity (Wildman–Crippen MR) is 126 cm³/mol. The summed E-state index contributed by atoms with van der Waals surface area (Å²) in [6, 6.07) is 22.4. The molecule has 0 aliphatic heterocycles. The van der Waals surface area contributed by atoms with Crippen molar-refractivity contribution in [1.29, 1.82) is 0 Å². The number of ether oxygens (including phenoxy) is 1.